The summed E-state index contributed by atoms with van der Waals surface area (Å²) >= 11 is 0. The Hall–Kier alpha value is -2.35. The first-order chi connectivity index (χ1) is 9.72. The van der Waals surface area contributed by atoms with Crippen LogP contribution in [-0.4, -0.2) is 13.1 Å². The van der Waals surface area contributed by atoms with Gasteiger partial charge in [0.2, 0.25) is 0 Å². The Morgan fingerprint density at radius 3 is 1.90 bits per heavy atom. The first-order valence-corrected chi connectivity index (χ1v) is 6.68. The van der Waals surface area contributed by atoms with Gasteiger partial charge in [0.25, 0.3) is 0 Å². The van der Waals surface area contributed by atoms with Gasteiger partial charge in [0, 0.05) is 0 Å². The highest BCUT2D eigenvalue weighted by Crippen LogP contribution is 2.11. The van der Waals surface area contributed by atoms with Gasteiger partial charge in [-0.1, -0.05) is 55.5 Å². The van der Waals surface area contributed by atoms with Gasteiger partial charge < -0.3 is 4.74 Å². The van der Waals surface area contributed by atoms with Gasteiger partial charge in [-0.25, -0.2) is 4.79 Å². The number of hydrogen-bond acceptors (Lipinski definition) is 2. The molecule has 0 saturated carbocycles. The number of hydrogen-bond donors (Lipinski definition) is 0. The largest absolute Gasteiger partial charge is 0.465 e. The van der Waals surface area contributed by atoms with Crippen molar-refractivity contribution in [3.05, 3.63) is 70.8 Å². The van der Waals surface area contributed by atoms with E-state index >= 15 is 0 Å². The molecule has 0 heterocycles. The second-order valence-corrected chi connectivity index (χ2v) is 4.54. The van der Waals surface area contributed by atoms with E-state index in [9.17, 15) is 4.79 Å². The quantitative estimate of drug-likeness (QED) is 0.612. The zero-order chi connectivity index (χ0) is 14.4. The molecule has 0 atom stereocenters. The maximum atomic E-state index is 11.3. The molecule has 0 aromatic heterocycles. The van der Waals surface area contributed by atoms with E-state index in [4.69, 9.17) is 0 Å². The van der Waals surface area contributed by atoms with Gasteiger partial charge >= 0.3 is 5.97 Å². The summed E-state index contributed by atoms with van der Waals surface area (Å²) in [5.74, 6) is -0.310. The minimum absolute atomic E-state index is 0.310. The lowest BCUT2D eigenvalue weighted by Crippen LogP contribution is -2.00. The SMILES string of the molecule is CCc1ccc(/C=C/c2ccc(C(=O)OC)cc2)cc1. The van der Waals surface area contributed by atoms with E-state index < -0.39 is 0 Å². The van der Waals surface area contributed by atoms with E-state index in [2.05, 4.69) is 42.0 Å². The second kappa shape index (κ2) is 6.71. The average molecular weight is 266 g/mol. The molecule has 2 aromatic rings. The molecule has 0 aliphatic carbocycles. The fourth-order valence-corrected chi connectivity index (χ4v) is 1.91. The molecule has 102 valence electrons. The first-order valence-electron chi connectivity index (χ1n) is 6.68. The normalized spacial score (nSPS) is 10.7. The molecule has 0 bridgehead atoms. The summed E-state index contributed by atoms with van der Waals surface area (Å²) < 4.78 is 4.67. The number of carbonyl (C=O) groups excluding carboxylic acids is 1. The molecule has 2 heteroatoms. The predicted molar refractivity (Wildman–Crippen MR) is 82.5 cm³/mol. The number of carbonyl (C=O) groups is 1. The maximum absolute atomic E-state index is 11.3. The van der Waals surface area contributed by atoms with Gasteiger partial charge in [-0.3, -0.25) is 0 Å². The number of ether oxygens (including phenoxy) is 1. The average Bonchev–Trinajstić information content (AvgIpc) is 2.53. The summed E-state index contributed by atoms with van der Waals surface area (Å²) in [4.78, 5) is 11.3. The Kier molecular flexibility index (Phi) is 4.72. The Morgan fingerprint density at radius 1 is 0.950 bits per heavy atom. The Morgan fingerprint density at radius 2 is 1.45 bits per heavy atom. The Labute approximate surface area is 119 Å². The van der Waals surface area contributed by atoms with Crippen LogP contribution in [0.3, 0.4) is 0 Å². The van der Waals surface area contributed by atoms with E-state index in [1.807, 2.05) is 18.2 Å². The van der Waals surface area contributed by atoms with E-state index in [-0.39, 0.29) is 5.97 Å². The summed E-state index contributed by atoms with van der Waals surface area (Å²) in [6.07, 6.45) is 5.15. The minimum Gasteiger partial charge on any atom is -0.465 e. The number of rotatable bonds is 4. The van der Waals surface area contributed by atoms with Crippen LogP contribution in [0.25, 0.3) is 12.2 Å². The molecular weight excluding hydrogens is 248 g/mol. The van der Waals surface area contributed by atoms with Crippen LogP contribution >= 0.6 is 0 Å². The molecule has 0 aliphatic rings. The van der Waals surface area contributed by atoms with Crippen molar-refractivity contribution in [3.63, 3.8) is 0 Å². The molecule has 0 saturated heterocycles. The summed E-state index contributed by atoms with van der Waals surface area (Å²) in [6, 6.07) is 15.8. The van der Waals surface area contributed by atoms with Crippen molar-refractivity contribution >= 4 is 18.1 Å². The fourth-order valence-electron chi connectivity index (χ4n) is 1.91. The van der Waals surface area contributed by atoms with Crippen molar-refractivity contribution in [2.24, 2.45) is 0 Å². The Balaban J connectivity index is 2.08. The molecule has 20 heavy (non-hydrogen) atoms. The molecule has 2 nitrogen and oxygen atoms in total. The highest BCUT2D eigenvalue weighted by molar-refractivity contribution is 5.89. The van der Waals surface area contributed by atoms with E-state index in [1.165, 1.54) is 18.2 Å². The van der Waals surface area contributed by atoms with E-state index in [0.717, 1.165) is 12.0 Å². The maximum Gasteiger partial charge on any atom is 0.337 e. The minimum atomic E-state index is -0.310. The van der Waals surface area contributed by atoms with E-state index in [1.54, 1.807) is 12.1 Å². The van der Waals surface area contributed by atoms with Crippen molar-refractivity contribution in [2.45, 2.75) is 13.3 Å². The van der Waals surface area contributed by atoms with Gasteiger partial charge in [0.15, 0.2) is 0 Å². The van der Waals surface area contributed by atoms with Crippen molar-refractivity contribution < 1.29 is 9.53 Å². The molecule has 0 amide bonds. The monoisotopic (exact) mass is 266 g/mol. The molecule has 2 aromatic carbocycles. The third-order valence-electron chi connectivity index (χ3n) is 3.19. The highest BCUT2D eigenvalue weighted by atomic mass is 16.5. The Bertz CT molecular complexity index is 592. The van der Waals surface area contributed by atoms with E-state index in [0.29, 0.717) is 5.56 Å². The van der Waals surface area contributed by atoms with Crippen LogP contribution in [0, 0.1) is 0 Å². The van der Waals surface area contributed by atoms with Crippen molar-refractivity contribution in [1.29, 1.82) is 0 Å². The second-order valence-electron chi connectivity index (χ2n) is 4.54. The zero-order valence-electron chi connectivity index (χ0n) is 11.8. The lowest BCUT2D eigenvalue weighted by molar-refractivity contribution is 0.0601. The van der Waals surface area contributed by atoms with Gasteiger partial charge in [-0.15, -0.1) is 0 Å². The summed E-state index contributed by atoms with van der Waals surface area (Å²) in [7, 11) is 1.39. The molecule has 0 fully saturated rings. The molecule has 0 aliphatic heterocycles. The van der Waals surface area contributed by atoms with Gasteiger partial charge in [0.1, 0.15) is 0 Å². The van der Waals surface area contributed by atoms with Crippen LogP contribution in [0.5, 0.6) is 0 Å². The lowest BCUT2D eigenvalue weighted by atomic mass is 10.1. The van der Waals surface area contributed by atoms with Crippen molar-refractivity contribution in [2.75, 3.05) is 7.11 Å². The van der Waals surface area contributed by atoms with Gasteiger partial charge in [-0.05, 0) is 35.2 Å². The number of benzene rings is 2. The predicted octanol–water partition coefficient (Wildman–Crippen LogP) is 4.21. The molecule has 0 spiro atoms. The smallest absolute Gasteiger partial charge is 0.337 e. The lowest BCUT2D eigenvalue weighted by Gasteiger charge is -2.00. The topological polar surface area (TPSA) is 26.3 Å². The van der Waals surface area contributed by atoms with Gasteiger partial charge in [0.05, 0.1) is 12.7 Å². The highest BCUT2D eigenvalue weighted by Gasteiger charge is 2.02. The fraction of sp³-hybridized carbons (Fsp3) is 0.167. The van der Waals surface area contributed by atoms with Crippen LogP contribution in [0.2, 0.25) is 0 Å². The summed E-state index contributed by atoms with van der Waals surface area (Å²) in [6.45, 7) is 2.15. The van der Waals surface area contributed by atoms with Crippen LogP contribution in [-0.2, 0) is 11.2 Å². The van der Waals surface area contributed by atoms with Gasteiger partial charge in [-0.2, -0.15) is 0 Å². The number of methoxy groups -OCH3 is 1. The van der Waals surface area contributed by atoms with Crippen molar-refractivity contribution in [1.82, 2.24) is 0 Å². The molecular formula is C18H18O2. The summed E-state index contributed by atoms with van der Waals surface area (Å²) in [5, 5.41) is 0. The van der Waals surface area contributed by atoms with Crippen molar-refractivity contribution in [3.8, 4) is 0 Å². The molecule has 0 radical (unpaired) electrons. The first kappa shape index (κ1) is 14.1. The molecule has 2 rings (SSSR count). The summed E-state index contributed by atoms with van der Waals surface area (Å²) in [5.41, 5.74) is 4.12. The molecule has 0 unspecified atom stereocenters. The standard InChI is InChI=1S/C18H18O2/c1-3-14-4-6-15(7-5-14)8-9-16-10-12-17(13-11-16)18(19)20-2/h4-13H,3H2,1-2H3/b9-8+. The third kappa shape index (κ3) is 3.58. The van der Waals surface area contributed by atoms with Crippen LogP contribution < -0.4 is 0 Å². The number of aryl methyl sites for hydroxylation is 1. The number of esters is 1. The van der Waals surface area contributed by atoms with Crippen LogP contribution in [0.1, 0.15) is 34.0 Å². The zero-order valence-corrected chi connectivity index (χ0v) is 11.8. The van der Waals surface area contributed by atoms with Crippen LogP contribution in [0.4, 0.5) is 0 Å². The third-order valence-corrected chi connectivity index (χ3v) is 3.19. The van der Waals surface area contributed by atoms with Crippen LogP contribution in [0.15, 0.2) is 48.5 Å². The molecule has 0 N–H and O–H groups in total.